The summed E-state index contributed by atoms with van der Waals surface area (Å²) >= 11 is 0. The molecule has 1 atom stereocenters. The maximum absolute atomic E-state index is 13.5. The van der Waals surface area contributed by atoms with Crippen molar-refractivity contribution in [3.05, 3.63) is 35.1 Å². The highest BCUT2D eigenvalue weighted by molar-refractivity contribution is 5.26. The van der Waals surface area contributed by atoms with E-state index in [1.807, 2.05) is 19.9 Å². The number of benzene rings is 1. The number of aryl methyl sites for hydroxylation is 1. The van der Waals surface area contributed by atoms with E-state index in [0.717, 1.165) is 5.56 Å². The Kier molecular flexibility index (Phi) is 4.62. The molecule has 0 aromatic heterocycles. The van der Waals surface area contributed by atoms with Crippen LogP contribution in [-0.4, -0.2) is 12.7 Å². The van der Waals surface area contributed by atoms with Crippen LogP contribution in [0.3, 0.4) is 0 Å². The predicted octanol–water partition coefficient (Wildman–Crippen LogP) is 2.45. The lowest BCUT2D eigenvalue weighted by Crippen LogP contribution is -2.35. The number of hydrogen-bond donors (Lipinski definition) is 2. The molecule has 0 aliphatic rings. The molecule has 0 fully saturated rings. The van der Waals surface area contributed by atoms with Crippen molar-refractivity contribution >= 4 is 0 Å². The zero-order valence-electron chi connectivity index (χ0n) is 10.9. The van der Waals surface area contributed by atoms with Gasteiger partial charge in [0.2, 0.25) is 0 Å². The lowest BCUT2D eigenvalue weighted by atomic mass is 9.93. The Labute approximate surface area is 102 Å². The van der Waals surface area contributed by atoms with E-state index in [4.69, 9.17) is 10.6 Å². The number of ether oxygens (including phenoxy) is 1. The van der Waals surface area contributed by atoms with Crippen LogP contribution in [0.25, 0.3) is 0 Å². The third-order valence-corrected chi connectivity index (χ3v) is 3.05. The van der Waals surface area contributed by atoms with Gasteiger partial charge in [-0.1, -0.05) is 12.1 Å². The molecular weight excluding hydrogens is 219 g/mol. The van der Waals surface area contributed by atoms with Gasteiger partial charge < -0.3 is 4.74 Å². The van der Waals surface area contributed by atoms with E-state index in [9.17, 15) is 4.39 Å². The molecule has 1 rings (SSSR count). The van der Waals surface area contributed by atoms with Crippen LogP contribution in [0.4, 0.5) is 4.39 Å². The first-order chi connectivity index (χ1) is 7.89. The predicted molar refractivity (Wildman–Crippen MR) is 66.9 cm³/mol. The van der Waals surface area contributed by atoms with Crippen LogP contribution in [0.5, 0.6) is 0 Å². The number of nitrogens with two attached hydrogens (primary N) is 1. The van der Waals surface area contributed by atoms with Gasteiger partial charge >= 0.3 is 0 Å². The Hall–Kier alpha value is -0.970. The van der Waals surface area contributed by atoms with Gasteiger partial charge in [-0.2, -0.15) is 0 Å². The van der Waals surface area contributed by atoms with Gasteiger partial charge in [-0.05, 0) is 44.4 Å². The average Bonchev–Trinajstić information content (AvgIpc) is 2.30. The molecule has 0 aliphatic carbocycles. The van der Waals surface area contributed by atoms with Gasteiger partial charge in [-0.25, -0.2) is 4.39 Å². The van der Waals surface area contributed by atoms with Crippen LogP contribution in [0.1, 0.15) is 37.4 Å². The number of hydrogen-bond acceptors (Lipinski definition) is 3. The second-order valence-electron chi connectivity index (χ2n) is 4.90. The molecule has 0 spiro atoms. The molecule has 4 heteroatoms. The highest BCUT2D eigenvalue weighted by Gasteiger charge is 2.23. The molecular formula is C13H21FN2O. The van der Waals surface area contributed by atoms with Crippen LogP contribution < -0.4 is 11.3 Å². The lowest BCUT2D eigenvalue weighted by Gasteiger charge is -2.28. The molecule has 17 heavy (non-hydrogen) atoms. The minimum Gasteiger partial charge on any atom is -0.379 e. The number of halogens is 1. The van der Waals surface area contributed by atoms with Crippen molar-refractivity contribution in [2.45, 2.75) is 38.8 Å². The number of rotatable bonds is 5. The van der Waals surface area contributed by atoms with Crippen molar-refractivity contribution in [3.63, 3.8) is 0 Å². The van der Waals surface area contributed by atoms with E-state index < -0.39 is 0 Å². The summed E-state index contributed by atoms with van der Waals surface area (Å²) in [5.74, 6) is 5.32. The van der Waals surface area contributed by atoms with Gasteiger partial charge in [-0.15, -0.1) is 0 Å². The molecule has 3 nitrogen and oxygen atoms in total. The molecule has 0 bridgehead atoms. The maximum Gasteiger partial charge on any atom is 0.126 e. The monoisotopic (exact) mass is 240 g/mol. The summed E-state index contributed by atoms with van der Waals surface area (Å²) in [6.07, 6.45) is 0.669. The second kappa shape index (κ2) is 5.58. The van der Waals surface area contributed by atoms with Crippen LogP contribution in [0.2, 0.25) is 0 Å². The van der Waals surface area contributed by atoms with E-state index in [0.29, 0.717) is 12.0 Å². The standard InChI is InChI=1S/C13H21FN2O/c1-9-5-6-10(7-11(9)14)12(16-15)8-13(2,3)17-4/h5-7,12,16H,8,15H2,1-4H3. The van der Waals surface area contributed by atoms with Gasteiger partial charge in [0.15, 0.2) is 0 Å². The minimum absolute atomic E-state index is 0.125. The maximum atomic E-state index is 13.5. The first-order valence-corrected chi connectivity index (χ1v) is 5.67. The summed E-state index contributed by atoms with van der Waals surface area (Å²) in [7, 11) is 1.66. The van der Waals surface area contributed by atoms with Crippen LogP contribution in [0, 0.1) is 12.7 Å². The third kappa shape index (κ3) is 3.77. The molecule has 0 saturated heterocycles. The molecule has 3 N–H and O–H groups in total. The normalized spacial score (nSPS) is 13.8. The van der Waals surface area contributed by atoms with Crippen molar-refractivity contribution in [1.82, 2.24) is 5.43 Å². The van der Waals surface area contributed by atoms with Crippen LogP contribution in [-0.2, 0) is 4.74 Å². The summed E-state index contributed by atoms with van der Waals surface area (Å²) in [6.45, 7) is 5.69. The average molecular weight is 240 g/mol. The molecule has 1 aromatic carbocycles. The van der Waals surface area contributed by atoms with Gasteiger partial charge in [0.25, 0.3) is 0 Å². The van der Waals surface area contributed by atoms with E-state index >= 15 is 0 Å². The Balaban J connectivity index is 2.90. The number of methoxy groups -OCH3 is 1. The molecule has 0 radical (unpaired) electrons. The van der Waals surface area contributed by atoms with Gasteiger partial charge in [0.05, 0.1) is 5.60 Å². The summed E-state index contributed by atoms with van der Waals surface area (Å²) in [6, 6.07) is 5.04. The summed E-state index contributed by atoms with van der Waals surface area (Å²) in [5, 5.41) is 0. The Morgan fingerprint density at radius 1 is 1.47 bits per heavy atom. The van der Waals surface area contributed by atoms with Crippen molar-refractivity contribution in [1.29, 1.82) is 0 Å². The molecule has 96 valence electrons. The smallest absolute Gasteiger partial charge is 0.126 e. The molecule has 1 unspecified atom stereocenters. The van der Waals surface area contributed by atoms with E-state index in [2.05, 4.69) is 5.43 Å². The van der Waals surface area contributed by atoms with E-state index in [1.54, 1.807) is 20.1 Å². The third-order valence-electron chi connectivity index (χ3n) is 3.05. The fourth-order valence-electron chi connectivity index (χ4n) is 1.67. The Bertz CT molecular complexity index is 380. The first kappa shape index (κ1) is 14.1. The molecule has 0 amide bonds. The number of hydrazine groups is 1. The number of nitrogens with one attached hydrogen (secondary N) is 1. The van der Waals surface area contributed by atoms with E-state index in [-0.39, 0.29) is 17.5 Å². The fraction of sp³-hybridized carbons (Fsp3) is 0.538. The topological polar surface area (TPSA) is 47.3 Å². The lowest BCUT2D eigenvalue weighted by molar-refractivity contribution is 0.00679. The quantitative estimate of drug-likeness (QED) is 0.614. The fourth-order valence-corrected chi connectivity index (χ4v) is 1.67. The minimum atomic E-state index is -0.307. The zero-order chi connectivity index (χ0) is 13.1. The Morgan fingerprint density at radius 3 is 2.59 bits per heavy atom. The van der Waals surface area contributed by atoms with Crippen LogP contribution >= 0.6 is 0 Å². The molecule has 0 heterocycles. The highest BCUT2D eigenvalue weighted by atomic mass is 19.1. The largest absolute Gasteiger partial charge is 0.379 e. The summed E-state index contributed by atoms with van der Waals surface area (Å²) in [5.41, 5.74) is 3.87. The van der Waals surface area contributed by atoms with Gasteiger partial charge in [-0.3, -0.25) is 11.3 Å². The van der Waals surface area contributed by atoms with Gasteiger partial charge in [0.1, 0.15) is 5.82 Å². The second-order valence-corrected chi connectivity index (χ2v) is 4.90. The van der Waals surface area contributed by atoms with Crippen molar-refractivity contribution in [2.24, 2.45) is 5.84 Å². The summed E-state index contributed by atoms with van der Waals surface area (Å²) < 4.78 is 18.8. The first-order valence-electron chi connectivity index (χ1n) is 5.67. The van der Waals surface area contributed by atoms with E-state index in [1.165, 1.54) is 6.07 Å². The molecule has 0 saturated carbocycles. The van der Waals surface area contributed by atoms with Crippen LogP contribution in [0.15, 0.2) is 18.2 Å². The highest BCUT2D eigenvalue weighted by Crippen LogP contribution is 2.26. The Morgan fingerprint density at radius 2 is 2.12 bits per heavy atom. The zero-order valence-corrected chi connectivity index (χ0v) is 10.9. The SMILES string of the molecule is COC(C)(C)CC(NN)c1ccc(C)c(F)c1. The summed E-state index contributed by atoms with van der Waals surface area (Å²) in [4.78, 5) is 0. The molecule has 0 aliphatic heterocycles. The van der Waals surface area contributed by atoms with Gasteiger partial charge in [0, 0.05) is 13.2 Å². The molecule has 1 aromatic rings. The van der Waals surface area contributed by atoms with Crippen molar-refractivity contribution < 1.29 is 9.13 Å². The van der Waals surface area contributed by atoms with Crippen molar-refractivity contribution in [2.75, 3.05) is 7.11 Å². The van der Waals surface area contributed by atoms with Crippen molar-refractivity contribution in [3.8, 4) is 0 Å².